The Kier molecular flexibility index (Phi) is 3.30. The highest BCUT2D eigenvalue weighted by Crippen LogP contribution is 2.47. The molecule has 0 amide bonds. The van der Waals surface area contributed by atoms with Crippen LogP contribution in [0.1, 0.15) is 62.6 Å². The maximum absolute atomic E-state index is 6.44. The molecule has 1 aliphatic heterocycles. The third kappa shape index (κ3) is 2.38. The van der Waals surface area contributed by atoms with Gasteiger partial charge in [0.05, 0.1) is 0 Å². The number of ether oxygens (including phenoxy) is 1. The number of hydrogen-bond acceptors (Lipinski definition) is 2. The van der Waals surface area contributed by atoms with E-state index in [0.717, 1.165) is 18.1 Å². The number of nitrogens with two attached hydrogens (primary N) is 1. The van der Waals surface area contributed by atoms with Gasteiger partial charge in [0.15, 0.2) is 0 Å². The van der Waals surface area contributed by atoms with Crippen LogP contribution in [0.3, 0.4) is 0 Å². The normalized spacial score (nSPS) is 33.8. The van der Waals surface area contributed by atoms with Gasteiger partial charge in [-0.1, -0.05) is 37.5 Å². The number of benzene rings is 1. The van der Waals surface area contributed by atoms with Crippen LogP contribution >= 0.6 is 0 Å². The fraction of sp³-hybridized carbons (Fsp3) is 0.647. The third-order valence-corrected chi connectivity index (χ3v) is 4.97. The Bertz CT molecular complexity index is 470. The van der Waals surface area contributed by atoms with E-state index in [2.05, 4.69) is 32.0 Å². The first kappa shape index (κ1) is 13.0. The molecule has 1 saturated carbocycles. The predicted molar refractivity (Wildman–Crippen MR) is 78.3 cm³/mol. The zero-order valence-corrected chi connectivity index (χ0v) is 12.1. The van der Waals surface area contributed by atoms with Crippen LogP contribution in [0.5, 0.6) is 5.75 Å². The molecule has 0 aromatic heterocycles. The number of hydrogen-bond donors (Lipinski definition) is 1. The largest absolute Gasteiger partial charge is 0.487 e. The van der Waals surface area contributed by atoms with Gasteiger partial charge < -0.3 is 10.5 Å². The van der Waals surface area contributed by atoms with Gasteiger partial charge in [-0.2, -0.15) is 0 Å². The molecule has 3 atom stereocenters. The Morgan fingerprint density at radius 3 is 3.00 bits per heavy atom. The van der Waals surface area contributed by atoms with E-state index in [1.165, 1.54) is 43.2 Å². The fourth-order valence-electron chi connectivity index (χ4n) is 3.91. The van der Waals surface area contributed by atoms with Crippen molar-refractivity contribution < 1.29 is 4.74 Å². The molecule has 1 fully saturated rings. The van der Waals surface area contributed by atoms with Crippen LogP contribution in [-0.4, -0.2) is 5.60 Å². The van der Waals surface area contributed by atoms with Gasteiger partial charge in [-0.3, -0.25) is 0 Å². The summed E-state index contributed by atoms with van der Waals surface area (Å²) in [5, 5.41) is 0. The molecule has 2 nitrogen and oxygen atoms in total. The minimum Gasteiger partial charge on any atom is -0.487 e. The second-order valence-electron chi connectivity index (χ2n) is 6.51. The molecular formula is C17H25NO. The van der Waals surface area contributed by atoms with Gasteiger partial charge in [0.1, 0.15) is 11.4 Å². The molecular weight excluding hydrogens is 234 g/mol. The predicted octanol–water partition coefficient (Wildman–Crippen LogP) is 4.12. The molecule has 3 rings (SSSR count). The molecule has 0 radical (unpaired) electrons. The van der Waals surface area contributed by atoms with E-state index < -0.39 is 0 Å². The van der Waals surface area contributed by atoms with Crippen molar-refractivity contribution >= 4 is 0 Å². The van der Waals surface area contributed by atoms with Gasteiger partial charge in [-0.05, 0) is 38.2 Å². The highest BCUT2D eigenvalue weighted by atomic mass is 16.5. The van der Waals surface area contributed by atoms with Gasteiger partial charge in [0.25, 0.3) is 0 Å². The van der Waals surface area contributed by atoms with Crippen molar-refractivity contribution in [1.29, 1.82) is 0 Å². The lowest BCUT2D eigenvalue weighted by atomic mass is 9.72. The molecule has 2 aliphatic rings. The van der Waals surface area contributed by atoms with Crippen molar-refractivity contribution in [1.82, 2.24) is 0 Å². The molecule has 2 heteroatoms. The molecule has 3 unspecified atom stereocenters. The molecule has 2 N–H and O–H groups in total. The molecule has 1 aromatic carbocycles. The van der Waals surface area contributed by atoms with Gasteiger partial charge in [0, 0.05) is 18.0 Å². The molecule has 1 spiro atoms. The Morgan fingerprint density at radius 2 is 2.21 bits per heavy atom. The summed E-state index contributed by atoms with van der Waals surface area (Å²) in [4.78, 5) is 0. The standard InChI is InChI=1S/C17H25NO/c1-3-13-5-4-8-17(10-13)11-15(18)14-9-12(2)6-7-16(14)19-17/h6-7,9,13,15H,3-5,8,10-11,18H2,1-2H3. The smallest absolute Gasteiger partial charge is 0.124 e. The average molecular weight is 259 g/mol. The van der Waals surface area contributed by atoms with E-state index in [1.54, 1.807) is 0 Å². The van der Waals surface area contributed by atoms with Crippen molar-refractivity contribution in [2.75, 3.05) is 0 Å². The van der Waals surface area contributed by atoms with E-state index in [1.807, 2.05) is 0 Å². The summed E-state index contributed by atoms with van der Waals surface area (Å²) in [5.74, 6) is 1.84. The van der Waals surface area contributed by atoms with Gasteiger partial charge in [-0.15, -0.1) is 0 Å². The quantitative estimate of drug-likeness (QED) is 0.823. The molecule has 1 aromatic rings. The van der Waals surface area contributed by atoms with E-state index >= 15 is 0 Å². The van der Waals surface area contributed by atoms with Crippen LogP contribution in [0, 0.1) is 12.8 Å². The molecule has 19 heavy (non-hydrogen) atoms. The first-order chi connectivity index (χ1) is 9.12. The first-order valence-electron chi connectivity index (χ1n) is 7.67. The summed E-state index contributed by atoms with van der Waals surface area (Å²) in [5.41, 5.74) is 8.91. The van der Waals surface area contributed by atoms with E-state index in [0.29, 0.717) is 0 Å². The second kappa shape index (κ2) is 4.82. The van der Waals surface area contributed by atoms with Crippen LogP contribution in [0.15, 0.2) is 18.2 Å². The molecule has 1 heterocycles. The Balaban J connectivity index is 1.89. The molecule has 104 valence electrons. The van der Waals surface area contributed by atoms with Gasteiger partial charge >= 0.3 is 0 Å². The Hall–Kier alpha value is -1.02. The lowest BCUT2D eigenvalue weighted by Gasteiger charge is -2.46. The monoisotopic (exact) mass is 259 g/mol. The van der Waals surface area contributed by atoms with Crippen molar-refractivity contribution in [2.45, 2.75) is 64.0 Å². The summed E-state index contributed by atoms with van der Waals surface area (Å²) in [7, 11) is 0. The van der Waals surface area contributed by atoms with Crippen molar-refractivity contribution in [3.63, 3.8) is 0 Å². The van der Waals surface area contributed by atoms with Crippen molar-refractivity contribution in [3.8, 4) is 5.75 Å². The SMILES string of the molecule is CCC1CCCC2(C1)CC(N)c1cc(C)ccc1O2. The average Bonchev–Trinajstić information content (AvgIpc) is 2.40. The highest BCUT2D eigenvalue weighted by molar-refractivity contribution is 5.41. The maximum atomic E-state index is 6.44. The van der Waals surface area contributed by atoms with Gasteiger partial charge in [-0.25, -0.2) is 0 Å². The highest BCUT2D eigenvalue weighted by Gasteiger charge is 2.43. The number of rotatable bonds is 1. The lowest BCUT2D eigenvalue weighted by molar-refractivity contribution is -0.0175. The van der Waals surface area contributed by atoms with Crippen LogP contribution < -0.4 is 10.5 Å². The maximum Gasteiger partial charge on any atom is 0.124 e. The molecule has 0 bridgehead atoms. The first-order valence-corrected chi connectivity index (χ1v) is 7.67. The molecule has 1 aliphatic carbocycles. The fourth-order valence-corrected chi connectivity index (χ4v) is 3.91. The van der Waals surface area contributed by atoms with E-state index in [-0.39, 0.29) is 11.6 Å². The van der Waals surface area contributed by atoms with E-state index in [9.17, 15) is 0 Å². The minimum atomic E-state index is 0.0145. The zero-order chi connectivity index (χ0) is 13.5. The summed E-state index contributed by atoms with van der Waals surface area (Å²) in [6.07, 6.45) is 7.25. The summed E-state index contributed by atoms with van der Waals surface area (Å²) >= 11 is 0. The number of fused-ring (bicyclic) bond motifs is 1. The zero-order valence-electron chi connectivity index (χ0n) is 12.1. The van der Waals surface area contributed by atoms with Crippen LogP contribution in [0.4, 0.5) is 0 Å². The van der Waals surface area contributed by atoms with Crippen molar-refractivity contribution in [2.24, 2.45) is 11.7 Å². The summed E-state index contributed by atoms with van der Waals surface area (Å²) in [6.45, 7) is 4.41. The summed E-state index contributed by atoms with van der Waals surface area (Å²) in [6, 6.07) is 6.57. The van der Waals surface area contributed by atoms with Crippen LogP contribution in [0.2, 0.25) is 0 Å². The van der Waals surface area contributed by atoms with Crippen molar-refractivity contribution in [3.05, 3.63) is 29.3 Å². The summed E-state index contributed by atoms with van der Waals surface area (Å²) < 4.78 is 6.44. The van der Waals surface area contributed by atoms with Crippen LogP contribution in [-0.2, 0) is 0 Å². The minimum absolute atomic E-state index is 0.0145. The second-order valence-corrected chi connectivity index (χ2v) is 6.51. The topological polar surface area (TPSA) is 35.2 Å². The van der Waals surface area contributed by atoms with Gasteiger partial charge in [0.2, 0.25) is 0 Å². The Labute approximate surface area is 116 Å². The molecule has 0 saturated heterocycles. The lowest BCUT2D eigenvalue weighted by Crippen LogP contribution is -2.46. The van der Waals surface area contributed by atoms with E-state index in [4.69, 9.17) is 10.5 Å². The third-order valence-electron chi connectivity index (χ3n) is 4.97. The van der Waals surface area contributed by atoms with Crippen LogP contribution in [0.25, 0.3) is 0 Å². The Morgan fingerprint density at radius 1 is 1.37 bits per heavy atom. The number of aryl methyl sites for hydroxylation is 1.